The summed E-state index contributed by atoms with van der Waals surface area (Å²) >= 11 is 0. The van der Waals surface area contributed by atoms with E-state index in [0.29, 0.717) is 0 Å². The Labute approximate surface area is 141 Å². The van der Waals surface area contributed by atoms with Crippen LogP contribution in [0, 0.1) is 5.41 Å². The second-order valence-electron chi connectivity index (χ2n) is 7.29. The molecule has 138 valence electrons. The molecule has 0 amide bonds. The van der Waals surface area contributed by atoms with E-state index in [1.165, 1.54) is 5.56 Å². The van der Waals surface area contributed by atoms with Gasteiger partial charge < -0.3 is 26.7 Å². The van der Waals surface area contributed by atoms with E-state index in [1.54, 1.807) is 7.11 Å². The summed E-state index contributed by atoms with van der Waals surface area (Å²) < 4.78 is 51.2. The predicted octanol–water partition coefficient (Wildman–Crippen LogP) is 4.34. The van der Waals surface area contributed by atoms with Gasteiger partial charge >= 0.3 is 7.25 Å². The van der Waals surface area contributed by atoms with Crippen LogP contribution in [-0.4, -0.2) is 45.3 Å². The first kappa shape index (κ1) is 20.8. The summed E-state index contributed by atoms with van der Waals surface area (Å²) in [5.41, 5.74) is 1.50. The molecule has 24 heavy (non-hydrogen) atoms. The molecule has 0 aliphatic carbocycles. The lowest BCUT2D eigenvalue weighted by molar-refractivity contribution is -0.952. The van der Waals surface area contributed by atoms with Crippen molar-refractivity contribution in [3.05, 3.63) is 29.8 Å². The maximum Gasteiger partial charge on any atom is 0.673 e. The predicted molar refractivity (Wildman–Crippen MR) is 87.1 cm³/mol. The molecular formula is C16H26BF4NO2. The summed E-state index contributed by atoms with van der Waals surface area (Å²) in [5.74, 6) is 0.913. The van der Waals surface area contributed by atoms with Crippen molar-refractivity contribution in [1.82, 2.24) is 0 Å². The SMILES string of the molecule is COc1ccc(C[N+]2(C)CCOC2C(C)(C)C)cc1.F[B-](F)(F)F. The molecular weight excluding hydrogens is 325 g/mol. The highest BCUT2D eigenvalue weighted by molar-refractivity contribution is 6.50. The Hall–Kier alpha value is -1.28. The number of quaternary nitrogens is 1. The van der Waals surface area contributed by atoms with Crippen LogP contribution in [0.3, 0.4) is 0 Å². The molecule has 2 atom stereocenters. The smallest absolute Gasteiger partial charge is 0.497 e. The fraction of sp³-hybridized carbons (Fsp3) is 0.625. The summed E-state index contributed by atoms with van der Waals surface area (Å²) in [7, 11) is -2.00. The highest BCUT2D eigenvalue weighted by Crippen LogP contribution is 2.35. The lowest BCUT2D eigenvalue weighted by Gasteiger charge is -2.40. The number of halogens is 4. The Morgan fingerprint density at radius 3 is 2.08 bits per heavy atom. The number of hydrogen-bond donors (Lipinski definition) is 0. The number of methoxy groups -OCH3 is 1. The molecule has 1 aliphatic rings. The Morgan fingerprint density at radius 1 is 1.17 bits per heavy atom. The van der Waals surface area contributed by atoms with Crippen molar-refractivity contribution in [2.75, 3.05) is 27.3 Å². The van der Waals surface area contributed by atoms with Gasteiger partial charge in [-0.1, -0.05) is 20.8 Å². The zero-order chi connectivity index (χ0) is 18.6. The highest BCUT2D eigenvalue weighted by atomic mass is 19.5. The van der Waals surface area contributed by atoms with Crippen molar-refractivity contribution in [2.45, 2.75) is 33.5 Å². The van der Waals surface area contributed by atoms with Crippen molar-refractivity contribution in [3.63, 3.8) is 0 Å². The Kier molecular flexibility index (Phi) is 6.70. The Bertz CT molecular complexity index is 510. The van der Waals surface area contributed by atoms with E-state index in [4.69, 9.17) is 9.47 Å². The number of nitrogens with zero attached hydrogens (tertiary/aromatic N) is 1. The fourth-order valence-corrected chi connectivity index (χ4v) is 3.17. The average molecular weight is 351 g/mol. The Balaban J connectivity index is 0.000000505. The van der Waals surface area contributed by atoms with Crippen LogP contribution in [0.4, 0.5) is 17.3 Å². The quantitative estimate of drug-likeness (QED) is 0.458. The summed E-state index contributed by atoms with van der Waals surface area (Å²) in [6.45, 7) is 9.71. The van der Waals surface area contributed by atoms with Gasteiger partial charge in [0.2, 0.25) is 0 Å². The van der Waals surface area contributed by atoms with E-state index in [1.807, 2.05) is 12.1 Å². The van der Waals surface area contributed by atoms with E-state index in [9.17, 15) is 17.3 Å². The number of ether oxygens (including phenoxy) is 2. The molecule has 1 aromatic rings. The summed E-state index contributed by atoms with van der Waals surface area (Å²) in [5, 5.41) is 0. The van der Waals surface area contributed by atoms with E-state index >= 15 is 0 Å². The number of rotatable bonds is 3. The van der Waals surface area contributed by atoms with Crippen molar-refractivity contribution in [2.24, 2.45) is 5.41 Å². The molecule has 0 aromatic heterocycles. The third-order valence-corrected chi connectivity index (χ3v) is 3.89. The minimum atomic E-state index is -6.00. The van der Waals surface area contributed by atoms with Crippen molar-refractivity contribution >= 4 is 7.25 Å². The molecule has 0 saturated carbocycles. The molecule has 1 aliphatic heterocycles. The van der Waals surface area contributed by atoms with E-state index in [2.05, 4.69) is 40.0 Å². The number of likely N-dealkylation sites (N-methyl/N-ethyl adjacent to an activating group) is 1. The first-order valence-corrected chi connectivity index (χ1v) is 7.81. The zero-order valence-corrected chi connectivity index (χ0v) is 14.9. The van der Waals surface area contributed by atoms with E-state index in [-0.39, 0.29) is 11.6 Å². The second kappa shape index (κ2) is 7.74. The fourth-order valence-electron chi connectivity index (χ4n) is 3.17. The van der Waals surface area contributed by atoms with Crippen LogP contribution in [0.2, 0.25) is 0 Å². The van der Waals surface area contributed by atoms with Crippen LogP contribution < -0.4 is 4.74 Å². The maximum absolute atomic E-state index is 9.75. The molecule has 1 aromatic carbocycles. The normalized spacial score (nSPS) is 24.3. The van der Waals surface area contributed by atoms with Crippen LogP contribution in [0.5, 0.6) is 5.75 Å². The van der Waals surface area contributed by atoms with Gasteiger partial charge in [-0.3, -0.25) is 4.48 Å². The van der Waals surface area contributed by atoms with E-state index in [0.717, 1.165) is 29.9 Å². The molecule has 0 radical (unpaired) electrons. The monoisotopic (exact) mass is 351 g/mol. The highest BCUT2D eigenvalue weighted by Gasteiger charge is 2.46. The van der Waals surface area contributed by atoms with Gasteiger partial charge in [-0.05, 0) is 24.3 Å². The van der Waals surface area contributed by atoms with Gasteiger partial charge in [-0.15, -0.1) is 0 Å². The maximum atomic E-state index is 9.75. The van der Waals surface area contributed by atoms with Gasteiger partial charge in [0.25, 0.3) is 0 Å². The molecule has 2 rings (SSSR count). The molecule has 0 spiro atoms. The number of benzene rings is 1. The molecule has 1 saturated heterocycles. The average Bonchev–Trinajstić information content (AvgIpc) is 2.79. The van der Waals surface area contributed by atoms with Gasteiger partial charge in [0.1, 0.15) is 25.4 Å². The third kappa shape index (κ3) is 6.69. The standard InChI is InChI=1S/C16H26NO2.BF4/c1-16(2,3)15-17(4,10-11-19-15)12-13-6-8-14(18-5)9-7-13;2-1(3,4)5/h6-9,15H,10-12H2,1-5H3;/q+1;-1. The second-order valence-corrected chi connectivity index (χ2v) is 7.29. The van der Waals surface area contributed by atoms with Crippen LogP contribution in [0.25, 0.3) is 0 Å². The van der Waals surface area contributed by atoms with Gasteiger partial charge in [-0.2, -0.15) is 0 Å². The lowest BCUT2D eigenvalue weighted by atomic mass is 9.92. The minimum Gasteiger partial charge on any atom is -0.497 e. The van der Waals surface area contributed by atoms with Crippen molar-refractivity contribution in [1.29, 1.82) is 0 Å². The third-order valence-electron chi connectivity index (χ3n) is 3.89. The van der Waals surface area contributed by atoms with Crippen LogP contribution in [0.15, 0.2) is 24.3 Å². The molecule has 2 unspecified atom stereocenters. The molecule has 1 fully saturated rings. The number of hydrogen-bond acceptors (Lipinski definition) is 2. The van der Waals surface area contributed by atoms with Gasteiger partial charge in [0, 0.05) is 11.0 Å². The Morgan fingerprint density at radius 2 is 1.67 bits per heavy atom. The van der Waals surface area contributed by atoms with Gasteiger partial charge in [0.05, 0.1) is 14.2 Å². The van der Waals surface area contributed by atoms with Crippen molar-refractivity contribution < 1.29 is 31.2 Å². The van der Waals surface area contributed by atoms with Gasteiger partial charge in [0.15, 0.2) is 6.23 Å². The van der Waals surface area contributed by atoms with Crippen LogP contribution in [0.1, 0.15) is 26.3 Å². The molecule has 1 heterocycles. The summed E-state index contributed by atoms with van der Waals surface area (Å²) in [4.78, 5) is 0. The summed E-state index contributed by atoms with van der Waals surface area (Å²) in [6.07, 6.45) is 0.259. The van der Waals surface area contributed by atoms with Crippen LogP contribution >= 0.6 is 0 Å². The molecule has 0 N–H and O–H groups in total. The first-order chi connectivity index (χ1) is 10.8. The molecule has 8 heteroatoms. The largest absolute Gasteiger partial charge is 0.673 e. The topological polar surface area (TPSA) is 18.5 Å². The molecule has 0 bridgehead atoms. The van der Waals surface area contributed by atoms with Gasteiger partial charge in [-0.25, -0.2) is 0 Å². The zero-order valence-electron chi connectivity index (χ0n) is 14.9. The lowest BCUT2D eigenvalue weighted by Crippen LogP contribution is -2.53. The molecule has 3 nitrogen and oxygen atoms in total. The van der Waals surface area contributed by atoms with Crippen molar-refractivity contribution in [3.8, 4) is 5.75 Å². The first-order valence-electron chi connectivity index (χ1n) is 7.81. The summed E-state index contributed by atoms with van der Waals surface area (Å²) in [6, 6.07) is 8.37. The minimum absolute atomic E-state index is 0.164. The van der Waals surface area contributed by atoms with E-state index < -0.39 is 7.25 Å². The van der Waals surface area contributed by atoms with Crippen LogP contribution in [-0.2, 0) is 11.3 Å².